The Labute approximate surface area is 106 Å². The third-order valence-electron chi connectivity index (χ3n) is 3.22. The Hall–Kier alpha value is -0.430. The summed E-state index contributed by atoms with van der Waals surface area (Å²) in [5.41, 5.74) is 5.69. The van der Waals surface area contributed by atoms with Crippen molar-refractivity contribution in [1.29, 1.82) is 0 Å². The number of thiophene rings is 1. The fraction of sp³-hybridized carbons (Fsp3) is 0.636. The molecule has 2 rings (SSSR count). The van der Waals surface area contributed by atoms with Gasteiger partial charge in [0.25, 0.3) is 10.0 Å². The number of rotatable bonds is 5. The Morgan fingerprint density at radius 1 is 1.53 bits per heavy atom. The normalized spacial score (nSPS) is 18.6. The van der Waals surface area contributed by atoms with Gasteiger partial charge in [-0.25, -0.2) is 8.42 Å². The molecule has 1 aliphatic carbocycles. The van der Waals surface area contributed by atoms with E-state index in [4.69, 9.17) is 5.73 Å². The van der Waals surface area contributed by atoms with Gasteiger partial charge in [0.2, 0.25) is 0 Å². The van der Waals surface area contributed by atoms with Crippen molar-refractivity contribution in [2.45, 2.75) is 30.0 Å². The second kappa shape index (κ2) is 4.68. The van der Waals surface area contributed by atoms with Crippen molar-refractivity contribution in [3.63, 3.8) is 0 Å². The highest BCUT2D eigenvalue weighted by atomic mass is 32.2. The second-order valence-corrected chi connectivity index (χ2v) is 8.04. The van der Waals surface area contributed by atoms with Crippen LogP contribution in [-0.2, 0) is 10.0 Å². The summed E-state index contributed by atoms with van der Waals surface area (Å²) in [5, 5.41) is 0. The Bertz CT molecular complexity index is 491. The van der Waals surface area contributed by atoms with Crippen LogP contribution in [0.25, 0.3) is 0 Å². The van der Waals surface area contributed by atoms with Gasteiger partial charge in [0.15, 0.2) is 0 Å². The molecule has 1 saturated carbocycles. The zero-order valence-electron chi connectivity index (χ0n) is 10.1. The zero-order chi connectivity index (χ0) is 12.6. The molecule has 0 aromatic carbocycles. The SMILES string of the molecule is Cc1ccc(S(=O)(=O)N(C)C(CN)C2CC2)s1. The van der Waals surface area contributed by atoms with Crippen molar-refractivity contribution in [2.75, 3.05) is 13.6 Å². The summed E-state index contributed by atoms with van der Waals surface area (Å²) in [6.07, 6.45) is 2.18. The average molecular weight is 274 g/mol. The van der Waals surface area contributed by atoms with Crippen LogP contribution >= 0.6 is 11.3 Å². The van der Waals surface area contributed by atoms with Gasteiger partial charge in [0, 0.05) is 24.5 Å². The molecule has 1 aromatic heterocycles. The molecular formula is C11H18N2O2S2. The molecule has 0 amide bonds. The summed E-state index contributed by atoms with van der Waals surface area (Å²) in [5.74, 6) is 0.445. The highest BCUT2D eigenvalue weighted by Gasteiger charge is 2.38. The van der Waals surface area contributed by atoms with Gasteiger partial charge in [-0.3, -0.25) is 0 Å². The molecule has 1 atom stereocenters. The molecule has 6 heteroatoms. The Morgan fingerprint density at radius 3 is 2.59 bits per heavy atom. The minimum absolute atomic E-state index is 0.0533. The number of nitrogens with two attached hydrogens (primary N) is 1. The van der Waals surface area contributed by atoms with Crippen LogP contribution in [0, 0.1) is 12.8 Å². The van der Waals surface area contributed by atoms with E-state index in [0.29, 0.717) is 16.7 Å². The number of likely N-dealkylation sites (N-methyl/N-ethyl adjacent to an activating group) is 1. The van der Waals surface area contributed by atoms with Crippen LogP contribution in [0.5, 0.6) is 0 Å². The van der Waals surface area contributed by atoms with Gasteiger partial charge < -0.3 is 5.73 Å². The molecular weight excluding hydrogens is 256 g/mol. The summed E-state index contributed by atoms with van der Waals surface area (Å²) in [6, 6.07) is 3.45. The molecule has 1 unspecified atom stereocenters. The summed E-state index contributed by atoms with van der Waals surface area (Å²) in [7, 11) is -1.72. The summed E-state index contributed by atoms with van der Waals surface area (Å²) < 4.78 is 26.6. The van der Waals surface area contributed by atoms with E-state index >= 15 is 0 Å². The summed E-state index contributed by atoms with van der Waals surface area (Å²) in [6.45, 7) is 2.30. The molecule has 0 aliphatic heterocycles. The van der Waals surface area contributed by atoms with Crippen molar-refractivity contribution in [2.24, 2.45) is 11.7 Å². The number of aryl methyl sites for hydroxylation is 1. The van der Waals surface area contributed by atoms with E-state index in [1.807, 2.05) is 13.0 Å². The topological polar surface area (TPSA) is 63.4 Å². The molecule has 1 aromatic rings. The maximum absolute atomic E-state index is 12.4. The monoisotopic (exact) mass is 274 g/mol. The third kappa shape index (κ3) is 2.54. The first kappa shape index (κ1) is 13.0. The average Bonchev–Trinajstić information content (AvgIpc) is 3.01. The molecule has 0 bridgehead atoms. The lowest BCUT2D eigenvalue weighted by molar-refractivity contribution is 0.341. The quantitative estimate of drug-likeness (QED) is 0.883. The molecule has 96 valence electrons. The predicted octanol–water partition coefficient (Wildman–Crippen LogP) is 1.41. The van der Waals surface area contributed by atoms with Gasteiger partial charge >= 0.3 is 0 Å². The molecule has 4 nitrogen and oxygen atoms in total. The van der Waals surface area contributed by atoms with Gasteiger partial charge in [0.1, 0.15) is 4.21 Å². The molecule has 2 N–H and O–H groups in total. The van der Waals surface area contributed by atoms with Crippen molar-refractivity contribution >= 4 is 21.4 Å². The molecule has 17 heavy (non-hydrogen) atoms. The van der Waals surface area contributed by atoms with Crippen LogP contribution in [0.3, 0.4) is 0 Å². The predicted molar refractivity (Wildman–Crippen MR) is 69.6 cm³/mol. The maximum atomic E-state index is 12.4. The first-order chi connectivity index (χ1) is 7.96. The maximum Gasteiger partial charge on any atom is 0.252 e. The Balaban J connectivity index is 2.25. The van der Waals surface area contributed by atoms with Gasteiger partial charge in [-0.2, -0.15) is 4.31 Å². The Kier molecular flexibility index (Phi) is 3.58. The number of hydrogen-bond acceptors (Lipinski definition) is 4. The molecule has 0 spiro atoms. The lowest BCUT2D eigenvalue weighted by Gasteiger charge is -2.25. The molecule has 1 heterocycles. The van der Waals surface area contributed by atoms with E-state index in [9.17, 15) is 8.42 Å². The van der Waals surface area contributed by atoms with Crippen molar-refractivity contribution in [3.8, 4) is 0 Å². The van der Waals surface area contributed by atoms with E-state index in [2.05, 4.69) is 0 Å². The van der Waals surface area contributed by atoms with Crippen LogP contribution in [0.15, 0.2) is 16.3 Å². The van der Waals surface area contributed by atoms with E-state index in [1.54, 1.807) is 13.1 Å². The molecule has 1 aliphatic rings. The zero-order valence-corrected chi connectivity index (χ0v) is 11.7. The number of sulfonamides is 1. The standard InChI is InChI=1S/C11H18N2O2S2/c1-8-3-6-11(16-8)17(14,15)13(2)10(7-12)9-4-5-9/h3,6,9-10H,4-5,7,12H2,1-2H3. The van der Waals surface area contributed by atoms with Crippen molar-refractivity contribution < 1.29 is 8.42 Å². The van der Waals surface area contributed by atoms with E-state index in [0.717, 1.165) is 17.7 Å². The first-order valence-electron chi connectivity index (χ1n) is 5.71. The lowest BCUT2D eigenvalue weighted by Crippen LogP contribution is -2.42. The first-order valence-corrected chi connectivity index (χ1v) is 7.97. The minimum atomic E-state index is -3.36. The van der Waals surface area contributed by atoms with Crippen LogP contribution in [-0.4, -0.2) is 32.4 Å². The summed E-state index contributed by atoms with van der Waals surface area (Å²) in [4.78, 5) is 1.01. The third-order valence-corrected chi connectivity index (χ3v) is 6.57. The largest absolute Gasteiger partial charge is 0.329 e. The van der Waals surface area contributed by atoms with Crippen LogP contribution in [0.4, 0.5) is 0 Å². The lowest BCUT2D eigenvalue weighted by atomic mass is 10.2. The number of nitrogens with zero attached hydrogens (tertiary/aromatic N) is 1. The van der Waals surface area contributed by atoms with Crippen LogP contribution in [0.1, 0.15) is 17.7 Å². The molecule has 0 saturated heterocycles. The highest BCUT2D eigenvalue weighted by Crippen LogP contribution is 2.36. The fourth-order valence-corrected chi connectivity index (χ4v) is 4.89. The van der Waals surface area contributed by atoms with Crippen LogP contribution in [0.2, 0.25) is 0 Å². The van der Waals surface area contributed by atoms with Crippen molar-refractivity contribution in [1.82, 2.24) is 4.31 Å². The van der Waals surface area contributed by atoms with Gasteiger partial charge in [-0.1, -0.05) is 0 Å². The van der Waals surface area contributed by atoms with E-state index in [-0.39, 0.29) is 6.04 Å². The van der Waals surface area contributed by atoms with Crippen molar-refractivity contribution in [3.05, 3.63) is 17.0 Å². The highest BCUT2D eigenvalue weighted by molar-refractivity contribution is 7.91. The van der Waals surface area contributed by atoms with Crippen LogP contribution < -0.4 is 5.73 Å². The van der Waals surface area contributed by atoms with Gasteiger partial charge in [0.05, 0.1) is 0 Å². The smallest absolute Gasteiger partial charge is 0.252 e. The Morgan fingerprint density at radius 2 is 2.18 bits per heavy atom. The molecule has 1 fully saturated rings. The van der Waals surface area contributed by atoms with E-state index < -0.39 is 10.0 Å². The minimum Gasteiger partial charge on any atom is -0.329 e. The fourth-order valence-electron chi connectivity index (χ4n) is 1.99. The number of hydrogen-bond donors (Lipinski definition) is 1. The second-order valence-electron chi connectivity index (χ2n) is 4.53. The molecule has 0 radical (unpaired) electrons. The van der Waals surface area contributed by atoms with E-state index in [1.165, 1.54) is 15.6 Å². The van der Waals surface area contributed by atoms with Gasteiger partial charge in [-0.15, -0.1) is 11.3 Å². The summed E-state index contributed by atoms with van der Waals surface area (Å²) >= 11 is 1.31. The van der Waals surface area contributed by atoms with Gasteiger partial charge in [-0.05, 0) is 37.8 Å².